The average Bonchev–Trinajstić information content (AvgIpc) is 2.64. The highest BCUT2D eigenvalue weighted by molar-refractivity contribution is 7.99. The number of halogens is 2. The van der Waals surface area contributed by atoms with E-state index in [1.807, 2.05) is 24.3 Å². The Kier molecular flexibility index (Phi) is 9.15. The number of thioether (sulfide) groups is 2. The number of methoxy groups -OCH3 is 1. The Balaban J connectivity index is 1.57. The fourth-order valence-electron chi connectivity index (χ4n) is 2.14. The molecule has 0 aliphatic rings. The lowest BCUT2D eigenvalue weighted by molar-refractivity contribution is -0.118. The predicted octanol–water partition coefficient (Wildman–Crippen LogP) is 4.77. The highest BCUT2D eigenvalue weighted by atomic mass is 35.5. The molecule has 0 bridgehead atoms. The van der Waals surface area contributed by atoms with Gasteiger partial charge in [0.25, 0.3) is 0 Å². The van der Waals surface area contributed by atoms with E-state index in [1.54, 1.807) is 42.8 Å². The highest BCUT2D eigenvalue weighted by Gasteiger charge is 2.07. The zero-order valence-electron chi connectivity index (χ0n) is 14.5. The zero-order chi connectivity index (χ0) is 18.8. The largest absolute Gasteiger partial charge is 0.497 e. The molecule has 26 heavy (non-hydrogen) atoms. The first-order valence-electron chi connectivity index (χ1n) is 8.08. The van der Waals surface area contributed by atoms with Crippen molar-refractivity contribution in [2.75, 3.05) is 25.2 Å². The number of amides is 1. The summed E-state index contributed by atoms with van der Waals surface area (Å²) in [5.74, 6) is 2.93. The van der Waals surface area contributed by atoms with Crippen molar-refractivity contribution in [1.82, 2.24) is 5.32 Å². The van der Waals surface area contributed by atoms with E-state index >= 15 is 0 Å². The normalized spacial score (nSPS) is 10.6. The molecule has 0 aromatic heterocycles. The van der Waals surface area contributed by atoms with Gasteiger partial charge in [0.05, 0.1) is 12.9 Å². The van der Waals surface area contributed by atoms with Crippen molar-refractivity contribution in [3.05, 3.63) is 64.4 Å². The average molecular weight is 414 g/mol. The van der Waals surface area contributed by atoms with Crippen LogP contribution in [0.1, 0.15) is 11.1 Å². The summed E-state index contributed by atoms with van der Waals surface area (Å²) < 4.78 is 18.7. The third-order valence-electron chi connectivity index (χ3n) is 3.54. The van der Waals surface area contributed by atoms with Crippen LogP contribution < -0.4 is 10.1 Å². The number of nitrogens with one attached hydrogen (secondary N) is 1. The summed E-state index contributed by atoms with van der Waals surface area (Å²) in [4.78, 5) is 11.8. The Morgan fingerprint density at radius 1 is 1.15 bits per heavy atom. The van der Waals surface area contributed by atoms with Crippen LogP contribution in [0.15, 0.2) is 42.5 Å². The smallest absolute Gasteiger partial charge is 0.230 e. The third-order valence-corrected chi connectivity index (χ3v) is 5.88. The number of carbonyl (C=O) groups is 1. The Labute approximate surface area is 167 Å². The Hall–Kier alpha value is -1.37. The molecule has 0 aliphatic carbocycles. The zero-order valence-corrected chi connectivity index (χ0v) is 16.9. The molecule has 0 saturated heterocycles. The van der Waals surface area contributed by atoms with Crippen molar-refractivity contribution < 1.29 is 13.9 Å². The van der Waals surface area contributed by atoms with Crippen LogP contribution in [-0.2, 0) is 16.3 Å². The van der Waals surface area contributed by atoms with Crippen LogP contribution in [0.5, 0.6) is 5.75 Å². The molecule has 0 unspecified atom stereocenters. The Bertz CT molecular complexity index is 693. The van der Waals surface area contributed by atoms with Crippen LogP contribution in [0.25, 0.3) is 0 Å². The lowest BCUT2D eigenvalue weighted by Crippen LogP contribution is -2.27. The van der Waals surface area contributed by atoms with Crippen molar-refractivity contribution in [1.29, 1.82) is 0 Å². The molecule has 0 fully saturated rings. The maximum atomic E-state index is 13.6. The van der Waals surface area contributed by atoms with Gasteiger partial charge in [-0.05, 0) is 29.8 Å². The van der Waals surface area contributed by atoms with E-state index in [0.29, 0.717) is 34.4 Å². The second kappa shape index (κ2) is 11.4. The monoisotopic (exact) mass is 413 g/mol. The number of hydrogen-bond acceptors (Lipinski definition) is 4. The lowest BCUT2D eigenvalue weighted by Gasteiger charge is -2.07. The Morgan fingerprint density at radius 3 is 2.62 bits per heavy atom. The minimum atomic E-state index is -0.288. The lowest BCUT2D eigenvalue weighted by atomic mass is 10.2. The van der Waals surface area contributed by atoms with E-state index in [0.717, 1.165) is 17.1 Å². The molecule has 0 heterocycles. The van der Waals surface area contributed by atoms with Crippen LogP contribution in [0.3, 0.4) is 0 Å². The summed E-state index contributed by atoms with van der Waals surface area (Å²) in [5, 5.41) is 3.32. The molecule has 0 spiro atoms. The molecule has 3 nitrogen and oxygen atoms in total. The molecule has 0 saturated carbocycles. The SMILES string of the molecule is COc1ccc(CSCC(=O)NCCSCc2c(F)cccc2Cl)cc1. The van der Waals surface area contributed by atoms with Crippen molar-refractivity contribution in [3.63, 3.8) is 0 Å². The van der Waals surface area contributed by atoms with Crippen molar-refractivity contribution >= 4 is 41.0 Å². The van der Waals surface area contributed by atoms with Crippen LogP contribution in [0.4, 0.5) is 4.39 Å². The fourth-order valence-corrected chi connectivity index (χ4v) is 4.16. The third kappa shape index (κ3) is 7.09. The van der Waals surface area contributed by atoms with Gasteiger partial charge in [-0.1, -0.05) is 29.8 Å². The summed E-state index contributed by atoms with van der Waals surface area (Å²) in [6, 6.07) is 12.5. The molecule has 140 valence electrons. The highest BCUT2D eigenvalue weighted by Crippen LogP contribution is 2.23. The van der Waals surface area contributed by atoms with Crippen LogP contribution in [-0.4, -0.2) is 31.1 Å². The molecular formula is C19H21ClFNO2S2. The summed E-state index contributed by atoms with van der Waals surface area (Å²) in [6.07, 6.45) is 0. The van der Waals surface area contributed by atoms with Gasteiger partial charge in [-0.3, -0.25) is 4.79 Å². The summed E-state index contributed by atoms with van der Waals surface area (Å²) in [7, 11) is 1.64. The minimum Gasteiger partial charge on any atom is -0.497 e. The summed E-state index contributed by atoms with van der Waals surface area (Å²) in [5.41, 5.74) is 1.67. The Morgan fingerprint density at radius 2 is 1.92 bits per heavy atom. The van der Waals surface area contributed by atoms with E-state index in [2.05, 4.69) is 5.32 Å². The maximum absolute atomic E-state index is 13.6. The van der Waals surface area contributed by atoms with Crippen molar-refractivity contribution in [3.8, 4) is 5.75 Å². The molecule has 2 aromatic carbocycles. The molecule has 0 atom stereocenters. The first-order chi connectivity index (χ1) is 12.6. The number of rotatable bonds is 10. The molecule has 1 N–H and O–H groups in total. The molecule has 0 radical (unpaired) electrons. The standard InChI is InChI=1S/C19H21ClFNO2S2/c1-24-15-7-5-14(6-8-15)11-26-13-19(23)22-9-10-25-12-16-17(20)3-2-4-18(16)21/h2-8H,9-13H2,1H3,(H,22,23). The maximum Gasteiger partial charge on any atom is 0.230 e. The topological polar surface area (TPSA) is 38.3 Å². The fraction of sp³-hybridized carbons (Fsp3) is 0.316. The second-order valence-corrected chi connectivity index (χ2v) is 7.94. The van der Waals surface area contributed by atoms with E-state index in [1.165, 1.54) is 6.07 Å². The number of hydrogen-bond donors (Lipinski definition) is 1. The molecule has 2 rings (SSSR count). The van der Waals surface area contributed by atoms with Crippen LogP contribution >= 0.6 is 35.1 Å². The quantitative estimate of drug-likeness (QED) is 0.569. The second-order valence-electron chi connectivity index (χ2n) is 5.44. The summed E-state index contributed by atoms with van der Waals surface area (Å²) >= 11 is 9.09. The van der Waals surface area contributed by atoms with Gasteiger partial charge < -0.3 is 10.1 Å². The molecule has 7 heteroatoms. The van der Waals surface area contributed by atoms with Gasteiger partial charge in [-0.2, -0.15) is 11.8 Å². The van der Waals surface area contributed by atoms with Gasteiger partial charge in [0.1, 0.15) is 11.6 Å². The molecule has 1 amide bonds. The van der Waals surface area contributed by atoms with Gasteiger partial charge in [0, 0.05) is 34.4 Å². The van der Waals surface area contributed by atoms with Gasteiger partial charge in [0.2, 0.25) is 5.91 Å². The van der Waals surface area contributed by atoms with Crippen LogP contribution in [0.2, 0.25) is 5.02 Å². The minimum absolute atomic E-state index is 0.00744. The molecular weight excluding hydrogens is 393 g/mol. The van der Waals surface area contributed by atoms with Gasteiger partial charge in [-0.15, -0.1) is 11.8 Å². The van der Waals surface area contributed by atoms with E-state index in [9.17, 15) is 9.18 Å². The van der Waals surface area contributed by atoms with E-state index in [4.69, 9.17) is 16.3 Å². The summed E-state index contributed by atoms with van der Waals surface area (Å²) in [6.45, 7) is 0.554. The van der Waals surface area contributed by atoms with Crippen molar-refractivity contribution in [2.24, 2.45) is 0 Å². The van der Waals surface area contributed by atoms with E-state index in [-0.39, 0.29) is 11.7 Å². The number of benzene rings is 2. The van der Waals surface area contributed by atoms with Gasteiger partial charge in [0.15, 0.2) is 0 Å². The van der Waals surface area contributed by atoms with Crippen molar-refractivity contribution in [2.45, 2.75) is 11.5 Å². The van der Waals surface area contributed by atoms with Crippen LogP contribution in [0, 0.1) is 5.82 Å². The first-order valence-corrected chi connectivity index (χ1v) is 10.8. The predicted molar refractivity (Wildman–Crippen MR) is 110 cm³/mol. The number of carbonyl (C=O) groups excluding carboxylic acids is 1. The molecule has 2 aromatic rings. The first kappa shape index (κ1) is 20.9. The van der Waals surface area contributed by atoms with E-state index < -0.39 is 0 Å². The number of ether oxygens (including phenoxy) is 1. The molecule has 0 aliphatic heterocycles. The van der Waals surface area contributed by atoms with Gasteiger partial charge >= 0.3 is 0 Å². The van der Waals surface area contributed by atoms with Gasteiger partial charge in [-0.25, -0.2) is 4.39 Å².